The molecule has 0 amide bonds. The fourth-order valence-electron chi connectivity index (χ4n) is 2.30. The lowest BCUT2D eigenvalue weighted by Crippen LogP contribution is -2.35. The molecule has 0 unspecified atom stereocenters. The summed E-state index contributed by atoms with van der Waals surface area (Å²) >= 11 is 0. The van der Waals surface area contributed by atoms with Crippen LogP contribution in [0.4, 0.5) is 5.95 Å². The van der Waals surface area contributed by atoms with Crippen LogP contribution in [0.1, 0.15) is 26.2 Å². The number of rotatable bonds is 5. The van der Waals surface area contributed by atoms with E-state index in [1.54, 1.807) is 12.3 Å². The predicted octanol–water partition coefficient (Wildman–Crippen LogP) is 1.57. The number of carboxylic acids is 1. The average molecular weight is 265 g/mol. The molecule has 6 heteroatoms. The van der Waals surface area contributed by atoms with Gasteiger partial charge in [-0.1, -0.05) is 0 Å². The Kier molecular flexibility index (Phi) is 4.54. The number of aliphatic carboxylic acids is 1. The van der Waals surface area contributed by atoms with Crippen LogP contribution >= 0.6 is 0 Å². The van der Waals surface area contributed by atoms with Crippen LogP contribution in [0.15, 0.2) is 12.3 Å². The van der Waals surface area contributed by atoms with Gasteiger partial charge < -0.3 is 14.7 Å². The van der Waals surface area contributed by atoms with Gasteiger partial charge in [-0.05, 0) is 25.7 Å². The summed E-state index contributed by atoms with van der Waals surface area (Å²) in [5.41, 5.74) is 0. The summed E-state index contributed by atoms with van der Waals surface area (Å²) in [6, 6.07) is 1.74. The molecule has 2 heterocycles. The summed E-state index contributed by atoms with van der Waals surface area (Å²) in [6.07, 6.45) is 3.69. The van der Waals surface area contributed by atoms with Gasteiger partial charge in [0.15, 0.2) is 0 Å². The molecular weight excluding hydrogens is 246 g/mol. The van der Waals surface area contributed by atoms with Crippen molar-refractivity contribution in [3.05, 3.63) is 12.3 Å². The Bertz CT molecular complexity index is 431. The standard InChI is InChI=1S/C13H19N3O3/c1-2-19-11-3-6-14-13(15-11)16-7-4-10(5-8-16)9-12(17)18/h3,6,10H,2,4-5,7-9H2,1H3,(H,17,18). The van der Waals surface area contributed by atoms with Gasteiger partial charge in [0.1, 0.15) is 0 Å². The molecule has 6 nitrogen and oxygen atoms in total. The number of carbonyl (C=O) groups is 1. The van der Waals surface area contributed by atoms with Crippen molar-refractivity contribution in [3.8, 4) is 5.88 Å². The number of aromatic nitrogens is 2. The zero-order chi connectivity index (χ0) is 13.7. The van der Waals surface area contributed by atoms with E-state index < -0.39 is 5.97 Å². The molecule has 1 aromatic rings. The minimum absolute atomic E-state index is 0.258. The maximum atomic E-state index is 10.7. The van der Waals surface area contributed by atoms with E-state index in [1.807, 2.05) is 6.92 Å². The smallest absolute Gasteiger partial charge is 0.303 e. The van der Waals surface area contributed by atoms with Crippen LogP contribution in [0.2, 0.25) is 0 Å². The van der Waals surface area contributed by atoms with Gasteiger partial charge in [-0.3, -0.25) is 4.79 Å². The van der Waals surface area contributed by atoms with Gasteiger partial charge in [-0.25, -0.2) is 4.98 Å². The Hall–Kier alpha value is -1.85. The van der Waals surface area contributed by atoms with Gasteiger partial charge in [-0.15, -0.1) is 0 Å². The quantitative estimate of drug-likeness (QED) is 0.871. The highest BCUT2D eigenvalue weighted by Gasteiger charge is 2.22. The van der Waals surface area contributed by atoms with Crippen molar-refractivity contribution < 1.29 is 14.6 Å². The zero-order valence-electron chi connectivity index (χ0n) is 11.1. The van der Waals surface area contributed by atoms with E-state index in [0.717, 1.165) is 25.9 Å². The lowest BCUT2D eigenvalue weighted by atomic mass is 9.94. The van der Waals surface area contributed by atoms with Gasteiger partial charge in [0.05, 0.1) is 6.61 Å². The number of hydrogen-bond donors (Lipinski definition) is 1. The van der Waals surface area contributed by atoms with E-state index in [9.17, 15) is 4.79 Å². The van der Waals surface area contributed by atoms with Gasteiger partial charge in [-0.2, -0.15) is 4.98 Å². The van der Waals surface area contributed by atoms with Gasteiger partial charge in [0.25, 0.3) is 0 Å². The molecule has 104 valence electrons. The fraction of sp³-hybridized carbons (Fsp3) is 0.615. The molecule has 0 saturated carbocycles. The van der Waals surface area contributed by atoms with Gasteiger partial charge >= 0.3 is 5.97 Å². The van der Waals surface area contributed by atoms with E-state index in [-0.39, 0.29) is 12.3 Å². The van der Waals surface area contributed by atoms with Crippen LogP contribution in [0.3, 0.4) is 0 Å². The summed E-state index contributed by atoms with van der Waals surface area (Å²) in [7, 11) is 0. The molecule has 0 bridgehead atoms. The predicted molar refractivity (Wildman–Crippen MR) is 70.4 cm³/mol. The van der Waals surface area contributed by atoms with E-state index >= 15 is 0 Å². The molecule has 0 aromatic carbocycles. The van der Waals surface area contributed by atoms with E-state index in [0.29, 0.717) is 18.4 Å². The first kappa shape index (κ1) is 13.6. The minimum Gasteiger partial charge on any atom is -0.481 e. The Labute approximate surface area is 112 Å². The summed E-state index contributed by atoms with van der Waals surface area (Å²) in [6.45, 7) is 4.09. The lowest BCUT2D eigenvalue weighted by molar-refractivity contribution is -0.138. The van der Waals surface area contributed by atoms with Crippen LogP contribution in [0.25, 0.3) is 0 Å². The molecule has 0 atom stereocenters. The fourth-order valence-corrected chi connectivity index (χ4v) is 2.30. The second kappa shape index (κ2) is 6.36. The molecular formula is C13H19N3O3. The third-order valence-corrected chi connectivity index (χ3v) is 3.27. The van der Waals surface area contributed by atoms with Crippen LogP contribution in [-0.4, -0.2) is 40.7 Å². The van der Waals surface area contributed by atoms with Crippen molar-refractivity contribution >= 4 is 11.9 Å². The SMILES string of the molecule is CCOc1ccnc(N2CCC(CC(=O)O)CC2)n1. The molecule has 0 spiro atoms. The van der Waals surface area contributed by atoms with E-state index in [1.165, 1.54) is 0 Å². The third-order valence-electron chi connectivity index (χ3n) is 3.27. The molecule has 1 N–H and O–H groups in total. The Morgan fingerprint density at radius 1 is 1.53 bits per heavy atom. The molecule has 19 heavy (non-hydrogen) atoms. The molecule has 2 rings (SSSR count). The number of piperidine rings is 1. The summed E-state index contributed by atoms with van der Waals surface area (Å²) in [5.74, 6) is 0.803. The normalized spacial score (nSPS) is 16.4. The highest BCUT2D eigenvalue weighted by Crippen LogP contribution is 2.23. The molecule has 1 fully saturated rings. The van der Waals surface area contributed by atoms with Crippen molar-refractivity contribution in [1.82, 2.24) is 9.97 Å². The number of hydrogen-bond acceptors (Lipinski definition) is 5. The van der Waals surface area contributed by atoms with Gasteiger partial charge in [0.2, 0.25) is 11.8 Å². The summed E-state index contributed by atoms with van der Waals surface area (Å²) in [4.78, 5) is 21.4. The van der Waals surface area contributed by atoms with Crippen LogP contribution in [0.5, 0.6) is 5.88 Å². The summed E-state index contributed by atoms with van der Waals surface area (Å²) < 4.78 is 5.36. The van der Waals surface area contributed by atoms with Crippen LogP contribution < -0.4 is 9.64 Å². The third kappa shape index (κ3) is 3.81. The first-order chi connectivity index (χ1) is 9.19. The topological polar surface area (TPSA) is 75.5 Å². The minimum atomic E-state index is -0.715. The zero-order valence-corrected chi connectivity index (χ0v) is 11.1. The van der Waals surface area contributed by atoms with Crippen molar-refractivity contribution in [2.45, 2.75) is 26.2 Å². The second-order valence-corrected chi connectivity index (χ2v) is 4.66. The molecule has 0 aliphatic carbocycles. The second-order valence-electron chi connectivity index (χ2n) is 4.66. The maximum absolute atomic E-state index is 10.7. The molecule has 1 aliphatic rings. The molecule has 0 radical (unpaired) electrons. The van der Waals surface area contributed by atoms with Crippen molar-refractivity contribution in [3.63, 3.8) is 0 Å². The van der Waals surface area contributed by atoms with E-state index in [4.69, 9.17) is 9.84 Å². The molecule has 1 aromatic heterocycles. The van der Waals surface area contributed by atoms with Crippen LogP contribution in [0, 0.1) is 5.92 Å². The summed E-state index contributed by atoms with van der Waals surface area (Å²) in [5, 5.41) is 8.79. The van der Waals surface area contributed by atoms with Crippen molar-refractivity contribution in [2.75, 3.05) is 24.6 Å². The average Bonchev–Trinajstić information content (AvgIpc) is 2.40. The first-order valence-corrected chi connectivity index (χ1v) is 6.61. The lowest BCUT2D eigenvalue weighted by Gasteiger charge is -2.31. The highest BCUT2D eigenvalue weighted by atomic mass is 16.5. The maximum Gasteiger partial charge on any atom is 0.303 e. The highest BCUT2D eigenvalue weighted by molar-refractivity contribution is 5.67. The van der Waals surface area contributed by atoms with Crippen molar-refractivity contribution in [2.24, 2.45) is 5.92 Å². The van der Waals surface area contributed by atoms with Crippen molar-refractivity contribution in [1.29, 1.82) is 0 Å². The Balaban J connectivity index is 1.93. The van der Waals surface area contributed by atoms with Crippen LogP contribution in [-0.2, 0) is 4.79 Å². The van der Waals surface area contributed by atoms with E-state index in [2.05, 4.69) is 14.9 Å². The van der Waals surface area contributed by atoms with Gasteiger partial charge in [0, 0.05) is 31.8 Å². The number of carboxylic acid groups (broad SMARTS) is 1. The number of ether oxygens (including phenoxy) is 1. The molecule has 1 aliphatic heterocycles. The first-order valence-electron chi connectivity index (χ1n) is 6.61. The largest absolute Gasteiger partial charge is 0.481 e. The Morgan fingerprint density at radius 3 is 2.89 bits per heavy atom. The Morgan fingerprint density at radius 2 is 2.26 bits per heavy atom. The molecule has 1 saturated heterocycles. The number of nitrogens with zero attached hydrogens (tertiary/aromatic N) is 3. The monoisotopic (exact) mass is 265 g/mol. The number of anilines is 1.